The molecule has 0 spiro atoms. The second-order valence-corrected chi connectivity index (χ2v) is 3.73. The zero-order valence-electron chi connectivity index (χ0n) is 8.75. The summed E-state index contributed by atoms with van der Waals surface area (Å²) in [5.74, 6) is 1.01. The van der Waals surface area contributed by atoms with E-state index in [0.29, 0.717) is 12.7 Å². The summed E-state index contributed by atoms with van der Waals surface area (Å²) in [6.45, 7) is 5.80. The Morgan fingerprint density at radius 3 is 2.93 bits per heavy atom. The van der Waals surface area contributed by atoms with Crippen LogP contribution in [0.1, 0.15) is 18.1 Å². The summed E-state index contributed by atoms with van der Waals surface area (Å²) in [5.41, 5.74) is 2.57. The van der Waals surface area contributed by atoms with E-state index in [1.165, 1.54) is 11.1 Å². The number of hydrogen-bond donors (Lipinski definition) is 0. The van der Waals surface area contributed by atoms with Gasteiger partial charge in [0.2, 0.25) is 0 Å². The van der Waals surface area contributed by atoms with Gasteiger partial charge in [-0.1, -0.05) is 24.6 Å². The van der Waals surface area contributed by atoms with E-state index in [9.17, 15) is 0 Å². The summed E-state index contributed by atoms with van der Waals surface area (Å²) < 4.78 is 10.8. The highest BCUT2D eigenvalue weighted by Gasteiger charge is 2.23. The minimum Gasteiger partial charge on any atom is -0.491 e. The number of benzene rings is 1. The van der Waals surface area contributed by atoms with Crippen LogP contribution in [0.25, 0.3) is 0 Å². The normalized spacial score (nSPS) is 19.4. The monoisotopic (exact) mass is 192 g/mol. The summed E-state index contributed by atoms with van der Waals surface area (Å²) >= 11 is 0. The molecule has 0 unspecified atom stereocenters. The highest BCUT2D eigenvalue weighted by atomic mass is 16.6. The van der Waals surface area contributed by atoms with Gasteiger partial charge in [-0.15, -0.1) is 0 Å². The fourth-order valence-electron chi connectivity index (χ4n) is 1.47. The topological polar surface area (TPSA) is 21.8 Å². The Hall–Kier alpha value is -1.02. The van der Waals surface area contributed by atoms with Crippen molar-refractivity contribution in [3.63, 3.8) is 0 Å². The van der Waals surface area contributed by atoms with Crippen LogP contribution in [-0.2, 0) is 11.2 Å². The number of ether oxygens (including phenoxy) is 2. The Kier molecular flexibility index (Phi) is 2.73. The van der Waals surface area contributed by atoms with Gasteiger partial charge in [0.05, 0.1) is 6.61 Å². The molecule has 2 nitrogen and oxygen atoms in total. The largest absolute Gasteiger partial charge is 0.491 e. The predicted molar refractivity (Wildman–Crippen MR) is 55.8 cm³/mol. The van der Waals surface area contributed by atoms with Gasteiger partial charge in [0.15, 0.2) is 0 Å². The van der Waals surface area contributed by atoms with E-state index in [2.05, 4.69) is 32.0 Å². The van der Waals surface area contributed by atoms with Crippen LogP contribution in [0.2, 0.25) is 0 Å². The lowest BCUT2D eigenvalue weighted by Gasteiger charge is -2.09. The molecule has 1 aromatic rings. The van der Waals surface area contributed by atoms with E-state index in [1.54, 1.807) is 0 Å². The Morgan fingerprint density at radius 1 is 1.50 bits per heavy atom. The molecule has 1 aliphatic rings. The highest BCUT2D eigenvalue weighted by molar-refractivity contribution is 5.36. The number of hydrogen-bond acceptors (Lipinski definition) is 2. The van der Waals surface area contributed by atoms with Crippen molar-refractivity contribution in [3.05, 3.63) is 29.3 Å². The van der Waals surface area contributed by atoms with Crippen molar-refractivity contribution in [1.82, 2.24) is 0 Å². The van der Waals surface area contributed by atoms with Crippen molar-refractivity contribution in [2.75, 3.05) is 13.2 Å². The third-order valence-corrected chi connectivity index (χ3v) is 2.42. The van der Waals surface area contributed by atoms with Gasteiger partial charge < -0.3 is 9.47 Å². The van der Waals surface area contributed by atoms with Crippen LogP contribution in [0.5, 0.6) is 5.75 Å². The first-order valence-corrected chi connectivity index (χ1v) is 5.13. The lowest BCUT2D eigenvalue weighted by molar-refractivity contribution is 0.261. The summed E-state index contributed by atoms with van der Waals surface area (Å²) in [6, 6.07) is 6.32. The van der Waals surface area contributed by atoms with Crippen LogP contribution in [0, 0.1) is 6.92 Å². The molecule has 0 saturated carbocycles. The molecular weight excluding hydrogens is 176 g/mol. The number of epoxide rings is 1. The summed E-state index contributed by atoms with van der Waals surface area (Å²) in [7, 11) is 0. The van der Waals surface area contributed by atoms with Gasteiger partial charge in [-0.05, 0) is 25.0 Å². The van der Waals surface area contributed by atoms with Gasteiger partial charge in [-0.2, -0.15) is 0 Å². The Balaban J connectivity index is 2.05. The van der Waals surface area contributed by atoms with E-state index in [-0.39, 0.29) is 0 Å². The number of aryl methyl sites for hydroxylation is 2. The predicted octanol–water partition coefficient (Wildman–Crippen LogP) is 2.34. The molecule has 76 valence electrons. The average molecular weight is 192 g/mol. The van der Waals surface area contributed by atoms with Gasteiger partial charge in [-0.25, -0.2) is 0 Å². The first kappa shape index (κ1) is 9.53. The third kappa shape index (κ3) is 2.26. The van der Waals surface area contributed by atoms with E-state index in [1.807, 2.05) is 0 Å². The fraction of sp³-hybridized carbons (Fsp3) is 0.500. The van der Waals surface area contributed by atoms with Crippen LogP contribution in [0.3, 0.4) is 0 Å². The molecule has 0 bridgehead atoms. The molecule has 0 aliphatic carbocycles. The van der Waals surface area contributed by atoms with Crippen molar-refractivity contribution >= 4 is 0 Å². The standard InChI is InChI=1S/C12H16O2/c1-3-10-6-9(2)4-5-12(10)14-8-11-7-13-11/h4-6,11H,3,7-8H2,1-2H3/t11-/m0/s1. The molecule has 2 rings (SSSR count). The quantitative estimate of drug-likeness (QED) is 0.683. The van der Waals surface area contributed by atoms with Crippen molar-refractivity contribution in [2.45, 2.75) is 26.4 Å². The zero-order valence-corrected chi connectivity index (χ0v) is 8.75. The van der Waals surface area contributed by atoms with Crippen molar-refractivity contribution in [3.8, 4) is 5.75 Å². The van der Waals surface area contributed by atoms with Crippen molar-refractivity contribution < 1.29 is 9.47 Å². The lowest BCUT2D eigenvalue weighted by atomic mass is 10.1. The molecule has 1 aromatic carbocycles. The van der Waals surface area contributed by atoms with Crippen molar-refractivity contribution in [2.24, 2.45) is 0 Å². The Labute approximate surface area is 84.8 Å². The molecule has 0 radical (unpaired) electrons. The second-order valence-electron chi connectivity index (χ2n) is 3.73. The van der Waals surface area contributed by atoms with E-state index >= 15 is 0 Å². The van der Waals surface area contributed by atoms with Gasteiger partial charge >= 0.3 is 0 Å². The van der Waals surface area contributed by atoms with Gasteiger partial charge in [0.25, 0.3) is 0 Å². The summed E-state index contributed by atoms with van der Waals surface area (Å²) in [5, 5.41) is 0. The molecule has 1 aliphatic heterocycles. The van der Waals surface area contributed by atoms with Crippen LogP contribution in [0.4, 0.5) is 0 Å². The molecule has 0 aromatic heterocycles. The maximum atomic E-state index is 5.68. The zero-order chi connectivity index (χ0) is 9.97. The van der Waals surface area contributed by atoms with Crippen LogP contribution >= 0.6 is 0 Å². The molecule has 1 saturated heterocycles. The van der Waals surface area contributed by atoms with Gasteiger partial charge in [0, 0.05) is 0 Å². The molecule has 0 N–H and O–H groups in total. The van der Waals surface area contributed by atoms with E-state index in [0.717, 1.165) is 18.8 Å². The smallest absolute Gasteiger partial charge is 0.122 e. The van der Waals surface area contributed by atoms with E-state index < -0.39 is 0 Å². The Bertz CT molecular complexity index is 316. The lowest BCUT2D eigenvalue weighted by Crippen LogP contribution is -2.05. The van der Waals surface area contributed by atoms with Crippen LogP contribution < -0.4 is 4.74 Å². The average Bonchev–Trinajstić information content (AvgIpc) is 2.99. The molecule has 1 fully saturated rings. The Morgan fingerprint density at radius 2 is 2.29 bits per heavy atom. The molecule has 2 heteroatoms. The fourth-order valence-corrected chi connectivity index (χ4v) is 1.47. The van der Waals surface area contributed by atoms with Gasteiger partial charge in [0.1, 0.15) is 18.5 Å². The summed E-state index contributed by atoms with van der Waals surface area (Å²) in [6.07, 6.45) is 1.35. The van der Waals surface area contributed by atoms with E-state index in [4.69, 9.17) is 9.47 Å². The first-order chi connectivity index (χ1) is 6.79. The van der Waals surface area contributed by atoms with Crippen molar-refractivity contribution in [1.29, 1.82) is 0 Å². The maximum Gasteiger partial charge on any atom is 0.122 e. The molecule has 14 heavy (non-hydrogen) atoms. The molecule has 1 atom stereocenters. The maximum absolute atomic E-state index is 5.68. The van der Waals surface area contributed by atoms with Crippen LogP contribution in [0.15, 0.2) is 18.2 Å². The van der Waals surface area contributed by atoms with Crippen LogP contribution in [-0.4, -0.2) is 19.3 Å². The minimum absolute atomic E-state index is 0.334. The molecular formula is C12H16O2. The third-order valence-electron chi connectivity index (χ3n) is 2.42. The van der Waals surface area contributed by atoms with Gasteiger partial charge in [-0.3, -0.25) is 0 Å². The highest BCUT2D eigenvalue weighted by Crippen LogP contribution is 2.22. The summed E-state index contributed by atoms with van der Waals surface area (Å²) in [4.78, 5) is 0. The minimum atomic E-state index is 0.334. The SMILES string of the molecule is CCc1cc(C)ccc1OC[C@@H]1CO1. The number of rotatable bonds is 4. The molecule has 1 heterocycles. The molecule has 0 amide bonds. The first-order valence-electron chi connectivity index (χ1n) is 5.13. The second kappa shape index (κ2) is 4.01.